The van der Waals surface area contributed by atoms with Crippen LogP contribution in [0, 0.1) is 3.70 Å². The number of nitrogens with zero attached hydrogens (tertiary/aromatic N) is 2. The molecule has 0 N–H and O–H groups in total. The lowest BCUT2D eigenvalue weighted by Gasteiger charge is -1.97. The standard InChI is InChI=1S/C7H7F2IN2O2/c1-14-7(13)4-2-12(3-5(8)9)11-6(4)10/h2,5H,3H2,1H3. The summed E-state index contributed by atoms with van der Waals surface area (Å²) in [5.41, 5.74) is 0.203. The minimum atomic E-state index is -2.49. The molecule has 0 radical (unpaired) electrons. The molecule has 0 atom stereocenters. The highest BCUT2D eigenvalue weighted by atomic mass is 127. The zero-order valence-electron chi connectivity index (χ0n) is 7.21. The number of alkyl halides is 2. The van der Waals surface area contributed by atoms with Crippen molar-refractivity contribution in [3.63, 3.8) is 0 Å². The van der Waals surface area contributed by atoms with Crippen LogP contribution in [-0.2, 0) is 11.3 Å². The number of hydrogen-bond donors (Lipinski definition) is 0. The molecule has 1 aromatic rings. The summed E-state index contributed by atoms with van der Waals surface area (Å²) in [4.78, 5) is 11.1. The quantitative estimate of drug-likeness (QED) is 0.628. The van der Waals surface area contributed by atoms with Crippen molar-refractivity contribution in [2.24, 2.45) is 0 Å². The van der Waals surface area contributed by atoms with E-state index in [1.165, 1.54) is 13.3 Å². The molecule has 0 amide bonds. The fourth-order valence-electron chi connectivity index (χ4n) is 0.880. The van der Waals surface area contributed by atoms with Crippen LogP contribution in [-0.4, -0.2) is 29.3 Å². The van der Waals surface area contributed by atoms with Gasteiger partial charge in [0.1, 0.15) is 15.8 Å². The van der Waals surface area contributed by atoms with Crippen molar-refractivity contribution in [3.8, 4) is 0 Å². The molecule has 1 rings (SSSR count). The summed E-state index contributed by atoms with van der Waals surface area (Å²) in [7, 11) is 1.23. The van der Waals surface area contributed by atoms with E-state index >= 15 is 0 Å². The largest absolute Gasteiger partial charge is 0.465 e. The lowest BCUT2D eigenvalue weighted by Crippen LogP contribution is -2.07. The van der Waals surface area contributed by atoms with Gasteiger partial charge in [0, 0.05) is 6.20 Å². The van der Waals surface area contributed by atoms with Gasteiger partial charge in [-0.2, -0.15) is 5.10 Å². The van der Waals surface area contributed by atoms with Crippen LogP contribution in [0.4, 0.5) is 8.78 Å². The summed E-state index contributed by atoms with van der Waals surface area (Å²) in [6.07, 6.45) is -1.24. The molecule has 0 unspecified atom stereocenters. The number of carbonyl (C=O) groups is 1. The average molecular weight is 316 g/mol. The first-order valence-corrected chi connectivity index (χ1v) is 4.72. The molecule has 7 heteroatoms. The van der Waals surface area contributed by atoms with Crippen LogP contribution in [0.2, 0.25) is 0 Å². The first kappa shape index (κ1) is 11.3. The Bertz CT molecular complexity index is 340. The third-order valence-electron chi connectivity index (χ3n) is 1.45. The number of aromatic nitrogens is 2. The predicted octanol–water partition coefficient (Wildman–Crippen LogP) is 1.54. The van der Waals surface area contributed by atoms with Gasteiger partial charge in [0.05, 0.1) is 7.11 Å². The van der Waals surface area contributed by atoms with Gasteiger partial charge in [0.25, 0.3) is 6.43 Å². The van der Waals surface area contributed by atoms with E-state index in [4.69, 9.17) is 0 Å². The van der Waals surface area contributed by atoms with E-state index in [9.17, 15) is 13.6 Å². The van der Waals surface area contributed by atoms with E-state index in [2.05, 4.69) is 9.84 Å². The zero-order valence-corrected chi connectivity index (χ0v) is 9.36. The lowest BCUT2D eigenvalue weighted by atomic mass is 10.4. The second kappa shape index (κ2) is 4.67. The minimum absolute atomic E-state index is 0.203. The van der Waals surface area contributed by atoms with E-state index in [1.807, 2.05) is 0 Å². The molecule has 0 saturated heterocycles. The van der Waals surface area contributed by atoms with Crippen molar-refractivity contribution in [3.05, 3.63) is 15.5 Å². The third kappa shape index (κ3) is 2.63. The number of ether oxygens (including phenoxy) is 1. The summed E-state index contributed by atoms with van der Waals surface area (Å²) in [6, 6.07) is 0. The maximum Gasteiger partial charge on any atom is 0.342 e. The maximum atomic E-state index is 12.0. The lowest BCUT2D eigenvalue weighted by molar-refractivity contribution is 0.0599. The molecule has 78 valence electrons. The van der Waals surface area contributed by atoms with Crippen molar-refractivity contribution < 1.29 is 18.3 Å². The molecule has 4 nitrogen and oxygen atoms in total. The van der Waals surface area contributed by atoms with E-state index in [0.29, 0.717) is 3.70 Å². The highest BCUT2D eigenvalue weighted by Gasteiger charge is 2.16. The van der Waals surface area contributed by atoms with Crippen LogP contribution in [0.1, 0.15) is 10.4 Å². The molecule has 1 aromatic heterocycles. The average Bonchev–Trinajstić information content (AvgIpc) is 2.44. The molecule has 0 spiro atoms. The number of halogens is 3. The number of carbonyl (C=O) groups excluding carboxylic acids is 1. The Morgan fingerprint density at radius 1 is 1.79 bits per heavy atom. The first-order chi connectivity index (χ1) is 6.54. The van der Waals surface area contributed by atoms with E-state index in [1.54, 1.807) is 22.6 Å². The molecular formula is C7H7F2IN2O2. The minimum Gasteiger partial charge on any atom is -0.465 e. The third-order valence-corrected chi connectivity index (χ3v) is 2.24. The topological polar surface area (TPSA) is 44.1 Å². The van der Waals surface area contributed by atoms with Crippen molar-refractivity contribution in [2.45, 2.75) is 13.0 Å². The Kier molecular flexibility index (Phi) is 3.78. The monoisotopic (exact) mass is 316 g/mol. The fourth-order valence-corrected chi connectivity index (χ4v) is 1.52. The molecule has 0 fully saturated rings. The van der Waals surface area contributed by atoms with E-state index in [0.717, 1.165) is 4.68 Å². The number of esters is 1. The second-order valence-electron chi connectivity index (χ2n) is 2.44. The van der Waals surface area contributed by atoms with Gasteiger partial charge < -0.3 is 4.74 Å². The summed E-state index contributed by atoms with van der Waals surface area (Å²) >= 11 is 1.79. The van der Waals surface area contributed by atoms with Gasteiger partial charge in [-0.05, 0) is 22.6 Å². The van der Waals surface area contributed by atoms with Gasteiger partial charge in [0.2, 0.25) is 0 Å². The fraction of sp³-hybridized carbons (Fsp3) is 0.429. The second-order valence-corrected chi connectivity index (χ2v) is 3.46. The molecule has 1 heterocycles. The van der Waals surface area contributed by atoms with Crippen LogP contribution in [0.25, 0.3) is 0 Å². The molecule has 0 saturated carbocycles. The normalized spacial score (nSPS) is 10.6. The van der Waals surface area contributed by atoms with Gasteiger partial charge in [0.15, 0.2) is 0 Å². The number of rotatable bonds is 3. The molecule has 0 aliphatic carbocycles. The van der Waals surface area contributed by atoms with Gasteiger partial charge in [-0.1, -0.05) is 0 Å². The van der Waals surface area contributed by atoms with Crippen molar-refractivity contribution in [1.29, 1.82) is 0 Å². The van der Waals surface area contributed by atoms with Crippen LogP contribution in [0.3, 0.4) is 0 Å². The Morgan fingerprint density at radius 3 is 2.93 bits per heavy atom. The molecule has 0 aromatic carbocycles. The van der Waals surface area contributed by atoms with Crippen LogP contribution in [0.15, 0.2) is 6.20 Å². The van der Waals surface area contributed by atoms with Gasteiger partial charge in [-0.15, -0.1) is 0 Å². The number of methoxy groups -OCH3 is 1. The summed E-state index contributed by atoms with van der Waals surface area (Å²) < 4.78 is 29.8. The molecule has 0 aliphatic heterocycles. The zero-order chi connectivity index (χ0) is 10.7. The highest BCUT2D eigenvalue weighted by molar-refractivity contribution is 14.1. The van der Waals surface area contributed by atoms with Crippen molar-refractivity contribution in [2.75, 3.05) is 7.11 Å². The Hall–Kier alpha value is -0.730. The van der Waals surface area contributed by atoms with Gasteiger partial charge in [-0.25, -0.2) is 13.6 Å². The SMILES string of the molecule is COC(=O)c1cn(CC(F)F)nc1I. The van der Waals surface area contributed by atoms with E-state index < -0.39 is 18.9 Å². The van der Waals surface area contributed by atoms with Crippen LogP contribution in [0.5, 0.6) is 0 Å². The highest BCUT2D eigenvalue weighted by Crippen LogP contribution is 2.12. The summed E-state index contributed by atoms with van der Waals surface area (Å²) in [5.74, 6) is -0.574. The maximum absolute atomic E-state index is 12.0. The molecule has 0 aliphatic rings. The van der Waals surface area contributed by atoms with Crippen LogP contribution >= 0.6 is 22.6 Å². The van der Waals surface area contributed by atoms with Gasteiger partial charge >= 0.3 is 5.97 Å². The van der Waals surface area contributed by atoms with Crippen molar-refractivity contribution >= 4 is 28.6 Å². The summed E-state index contributed by atoms with van der Waals surface area (Å²) in [6.45, 7) is -0.521. The smallest absolute Gasteiger partial charge is 0.342 e. The predicted molar refractivity (Wildman–Crippen MR) is 52.3 cm³/mol. The summed E-state index contributed by atoms with van der Waals surface area (Å²) in [5, 5.41) is 3.74. The first-order valence-electron chi connectivity index (χ1n) is 3.64. The number of hydrogen-bond acceptors (Lipinski definition) is 3. The van der Waals surface area contributed by atoms with Crippen LogP contribution < -0.4 is 0 Å². The van der Waals surface area contributed by atoms with Crippen molar-refractivity contribution in [1.82, 2.24) is 9.78 Å². The van der Waals surface area contributed by atoms with Gasteiger partial charge in [-0.3, -0.25) is 4.68 Å². The Labute approximate surface area is 92.4 Å². The Morgan fingerprint density at radius 2 is 2.43 bits per heavy atom. The molecular weight excluding hydrogens is 309 g/mol. The Balaban J connectivity index is 2.87. The molecule has 0 bridgehead atoms. The van der Waals surface area contributed by atoms with E-state index in [-0.39, 0.29) is 5.56 Å². The molecule has 14 heavy (non-hydrogen) atoms.